The molecule has 1 fully saturated rings. The molecule has 0 saturated carbocycles. The van der Waals surface area contributed by atoms with Crippen molar-refractivity contribution in [1.29, 1.82) is 0 Å². The van der Waals surface area contributed by atoms with Crippen LogP contribution in [0.4, 0.5) is 5.69 Å². The van der Waals surface area contributed by atoms with Crippen molar-refractivity contribution in [3.63, 3.8) is 0 Å². The Morgan fingerprint density at radius 1 is 1.21 bits per heavy atom. The monoisotopic (exact) mass is 398 g/mol. The second-order valence-corrected chi connectivity index (χ2v) is 8.28. The molecule has 3 N–H and O–H groups in total. The van der Waals surface area contributed by atoms with Gasteiger partial charge in [0.1, 0.15) is 13.1 Å². The van der Waals surface area contributed by atoms with Crippen LogP contribution in [-0.2, 0) is 16.1 Å². The molecule has 0 aromatic heterocycles. The van der Waals surface area contributed by atoms with Crippen molar-refractivity contribution in [1.82, 2.24) is 5.32 Å². The maximum atomic E-state index is 12.6. The number of hydrogen-bond donors (Lipinski definition) is 3. The van der Waals surface area contributed by atoms with Crippen molar-refractivity contribution in [2.45, 2.75) is 23.7 Å². The Morgan fingerprint density at radius 2 is 1.96 bits per heavy atom. The van der Waals surface area contributed by atoms with Gasteiger partial charge in [-0.25, -0.2) is 0 Å². The number of nitrogens with one attached hydrogen (secondary N) is 3. The molecule has 4 rings (SSSR count). The van der Waals surface area contributed by atoms with Gasteiger partial charge >= 0.3 is 0 Å². The summed E-state index contributed by atoms with van der Waals surface area (Å²) >= 11 is 1.57. The largest absolute Gasteiger partial charge is 0.370 e. The number of fused-ring (bicyclic) bond motifs is 1. The molecule has 28 heavy (non-hydrogen) atoms. The molecule has 6 nitrogen and oxygen atoms in total. The van der Waals surface area contributed by atoms with E-state index in [0.717, 1.165) is 23.5 Å². The first kappa shape index (κ1) is 19.0. The Balaban J connectivity index is 1.42. The van der Waals surface area contributed by atoms with Crippen molar-refractivity contribution in [2.75, 3.05) is 31.6 Å². The fraction of sp³-hybridized carbons (Fsp3) is 0.333. The van der Waals surface area contributed by atoms with Crippen LogP contribution in [0.3, 0.4) is 0 Å². The summed E-state index contributed by atoms with van der Waals surface area (Å²) in [4.78, 5) is 27.3. The third-order valence-corrected chi connectivity index (χ3v) is 6.46. The highest BCUT2D eigenvalue weighted by atomic mass is 32.2. The molecule has 1 atom stereocenters. The minimum atomic E-state index is -0.169. The van der Waals surface area contributed by atoms with E-state index in [1.54, 1.807) is 17.8 Å². The maximum absolute atomic E-state index is 12.6. The van der Waals surface area contributed by atoms with Gasteiger partial charge in [-0.05, 0) is 30.7 Å². The summed E-state index contributed by atoms with van der Waals surface area (Å²) in [5, 5.41) is 5.75. The maximum Gasteiger partial charge on any atom is 0.294 e. The smallest absolute Gasteiger partial charge is 0.294 e. The molecule has 2 aromatic rings. The average Bonchev–Trinajstić information content (AvgIpc) is 2.73. The second kappa shape index (κ2) is 8.34. The molecule has 1 saturated heterocycles. The van der Waals surface area contributed by atoms with E-state index in [-0.39, 0.29) is 17.2 Å². The van der Waals surface area contributed by atoms with E-state index in [4.69, 9.17) is 4.74 Å². The fourth-order valence-electron chi connectivity index (χ4n) is 3.41. The highest BCUT2D eigenvalue weighted by Gasteiger charge is 2.36. The predicted molar refractivity (Wildman–Crippen MR) is 109 cm³/mol. The molecule has 2 aliphatic rings. The zero-order chi connectivity index (χ0) is 19.5. The normalized spacial score (nSPS) is 19.6. The number of ether oxygens (including phenoxy) is 1. The molecule has 7 heteroatoms. The van der Waals surface area contributed by atoms with Gasteiger partial charge in [0.25, 0.3) is 11.8 Å². The molecule has 0 radical (unpaired) electrons. The highest BCUT2D eigenvalue weighted by molar-refractivity contribution is 8.00. The van der Waals surface area contributed by atoms with Crippen molar-refractivity contribution < 1.29 is 19.2 Å². The van der Waals surface area contributed by atoms with Gasteiger partial charge in [0.2, 0.25) is 5.37 Å². The molecule has 0 aliphatic carbocycles. The number of carbonyl (C=O) groups is 2. The molecule has 146 valence electrons. The number of aryl methyl sites for hydroxylation is 1. The number of anilines is 1. The van der Waals surface area contributed by atoms with Gasteiger partial charge in [-0.15, -0.1) is 0 Å². The first-order valence-electron chi connectivity index (χ1n) is 9.48. The summed E-state index contributed by atoms with van der Waals surface area (Å²) in [7, 11) is 0. The summed E-state index contributed by atoms with van der Waals surface area (Å²) in [6.45, 7) is 5.55. The number of amides is 2. The van der Waals surface area contributed by atoms with Crippen LogP contribution in [0.5, 0.6) is 0 Å². The summed E-state index contributed by atoms with van der Waals surface area (Å²) in [6.07, 6.45) is 0. The Bertz CT molecular complexity index is 879. The van der Waals surface area contributed by atoms with Crippen LogP contribution in [0.15, 0.2) is 47.4 Å². The number of carbonyl (C=O) groups excluding carboxylic acids is 2. The molecular formula is C21H24N3O3S+. The summed E-state index contributed by atoms with van der Waals surface area (Å²) in [5.41, 5.74) is 3.50. The third-order valence-electron chi connectivity index (χ3n) is 5.06. The molecule has 2 aromatic carbocycles. The minimum absolute atomic E-state index is 0.00777. The van der Waals surface area contributed by atoms with Gasteiger partial charge in [-0.1, -0.05) is 41.6 Å². The van der Waals surface area contributed by atoms with Gasteiger partial charge < -0.3 is 20.3 Å². The molecule has 2 heterocycles. The van der Waals surface area contributed by atoms with Crippen molar-refractivity contribution in [3.05, 3.63) is 59.2 Å². The van der Waals surface area contributed by atoms with E-state index >= 15 is 0 Å². The first-order chi connectivity index (χ1) is 13.6. The van der Waals surface area contributed by atoms with Gasteiger partial charge in [-0.3, -0.25) is 9.59 Å². The zero-order valence-corrected chi connectivity index (χ0v) is 16.6. The van der Waals surface area contributed by atoms with E-state index < -0.39 is 0 Å². The number of hydrogen-bond acceptors (Lipinski definition) is 4. The first-order valence-corrected chi connectivity index (χ1v) is 10.4. The molecule has 2 amide bonds. The summed E-state index contributed by atoms with van der Waals surface area (Å²) < 4.78 is 5.39. The number of benzene rings is 2. The van der Waals surface area contributed by atoms with Crippen LogP contribution in [-0.4, -0.2) is 43.5 Å². The second-order valence-electron chi connectivity index (χ2n) is 7.14. The number of quaternary nitrogens is 1. The Morgan fingerprint density at radius 3 is 2.71 bits per heavy atom. The van der Waals surface area contributed by atoms with Crippen LogP contribution in [0.25, 0.3) is 0 Å². The molecule has 2 aliphatic heterocycles. The van der Waals surface area contributed by atoms with Crippen molar-refractivity contribution >= 4 is 29.3 Å². The Labute approximate surface area is 168 Å². The fourth-order valence-corrected chi connectivity index (χ4v) is 4.61. The van der Waals surface area contributed by atoms with Gasteiger partial charge in [0.15, 0.2) is 0 Å². The van der Waals surface area contributed by atoms with Crippen molar-refractivity contribution in [3.8, 4) is 0 Å². The van der Waals surface area contributed by atoms with Gasteiger partial charge in [0.05, 0.1) is 18.9 Å². The standard InChI is InChI=1S/C21H23N3O3S/c1-14-2-4-15(5-3-14)13-22-19(25)16-6-7-18-17(12-16)23-20(26)21(28-18)24-8-10-27-11-9-24/h2-7,12,21H,8-11,13H2,1H3,(H,22,25)(H,23,26)/p+1. The topological polar surface area (TPSA) is 71.9 Å². The number of thioether (sulfide) groups is 1. The SMILES string of the molecule is Cc1ccc(CNC(=O)c2ccc3c(c2)NC(=O)C([NH+]2CCOCC2)S3)cc1. The average molecular weight is 399 g/mol. The quantitative estimate of drug-likeness (QED) is 0.724. The summed E-state index contributed by atoms with van der Waals surface area (Å²) in [6, 6.07) is 13.6. The van der Waals surface area contributed by atoms with Crippen LogP contribution in [0.2, 0.25) is 0 Å². The van der Waals surface area contributed by atoms with Crippen LogP contribution in [0.1, 0.15) is 21.5 Å². The molecule has 0 spiro atoms. The minimum Gasteiger partial charge on any atom is -0.370 e. The van der Waals surface area contributed by atoms with Gasteiger partial charge in [0, 0.05) is 17.0 Å². The zero-order valence-electron chi connectivity index (χ0n) is 15.8. The van der Waals surface area contributed by atoms with E-state index in [0.29, 0.717) is 31.0 Å². The lowest BCUT2D eigenvalue weighted by Crippen LogP contribution is -3.18. The number of morpholine rings is 1. The summed E-state index contributed by atoms with van der Waals surface area (Å²) in [5.74, 6) is -0.157. The Kier molecular flexibility index (Phi) is 5.66. The lowest BCUT2D eigenvalue weighted by molar-refractivity contribution is -0.909. The van der Waals surface area contributed by atoms with Crippen LogP contribution in [0, 0.1) is 6.92 Å². The molecule has 1 unspecified atom stereocenters. The predicted octanol–water partition coefficient (Wildman–Crippen LogP) is 1.21. The lowest BCUT2D eigenvalue weighted by atomic mass is 10.1. The molecular weight excluding hydrogens is 374 g/mol. The van der Waals surface area contributed by atoms with E-state index in [1.807, 2.05) is 43.3 Å². The van der Waals surface area contributed by atoms with Crippen LogP contribution < -0.4 is 15.5 Å². The van der Waals surface area contributed by atoms with E-state index in [2.05, 4.69) is 10.6 Å². The highest BCUT2D eigenvalue weighted by Crippen LogP contribution is 2.34. The van der Waals surface area contributed by atoms with Crippen molar-refractivity contribution in [2.24, 2.45) is 0 Å². The van der Waals surface area contributed by atoms with Gasteiger partial charge in [-0.2, -0.15) is 0 Å². The number of rotatable bonds is 4. The van der Waals surface area contributed by atoms with E-state index in [9.17, 15) is 9.59 Å². The van der Waals surface area contributed by atoms with Crippen LogP contribution >= 0.6 is 11.8 Å². The molecule has 0 bridgehead atoms. The third kappa shape index (κ3) is 4.22. The van der Waals surface area contributed by atoms with E-state index in [1.165, 1.54) is 10.5 Å². The lowest BCUT2D eigenvalue weighted by Gasteiger charge is -2.32. The Hall–Kier alpha value is -2.35.